The van der Waals surface area contributed by atoms with E-state index in [1.807, 2.05) is 19.9 Å². The number of pyridine rings is 1. The van der Waals surface area contributed by atoms with Crippen LogP contribution in [-0.2, 0) is 4.79 Å². The third-order valence-electron chi connectivity index (χ3n) is 5.59. The van der Waals surface area contributed by atoms with Gasteiger partial charge in [-0.25, -0.2) is 4.98 Å². The van der Waals surface area contributed by atoms with Crippen molar-refractivity contribution in [3.8, 4) is 5.88 Å². The predicted molar refractivity (Wildman–Crippen MR) is 96.8 cm³/mol. The van der Waals surface area contributed by atoms with Gasteiger partial charge >= 0.3 is 0 Å². The average Bonchev–Trinajstić information content (AvgIpc) is 3.49. The van der Waals surface area contributed by atoms with E-state index in [-0.39, 0.29) is 11.3 Å². The summed E-state index contributed by atoms with van der Waals surface area (Å²) in [6.45, 7) is 5.27. The summed E-state index contributed by atoms with van der Waals surface area (Å²) in [6.07, 6.45) is 5.30. The minimum absolute atomic E-state index is 0.130. The number of carbonyl (C=O) groups is 2. The van der Waals surface area contributed by atoms with Crippen LogP contribution in [0.4, 0.5) is 0 Å². The fraction of sp³-hybridized carbons (Fsp3) is 0.650. The maximum Gasteiger partial charge on any atom is 0.273 e. The molecule has 2 amide bonds. The fourth-order valence-electron chi connectivity index (χ4n) is 3.76. The van der Waals surface area contributed by atoms with Gasteiger partial charge in [0.2, 0.25) is 11.8 Å². The van der Waals surface area contributed by atoms with Crippen molar-refractivity contribution >= 4 is 11.8 Å². The van der Waals surface area contributed by atoms with Crippen LogP contribution < -0.4 is 10.5 Å². The highest BCUT2D eigenvalue weighted by Gasteiger charge is 2.43. The first-order chi connectivity index (χ1) is 12.3. The van der Waals surface area contributed by atoms with Gasteiger partial charge in [-0.2, -0.15) is 0 Å². The second-order valence-corrected chi connectivity index (χ2v) is 8.84. The molecule has 1 aromatic rings. The maximum absolute atomic E-state index is 13.0. The van der Waals surface area contributed by atoms with Gasteiger partial charge in [-0.05, 0) is 55.4 Å². The van der Waals surface area contributed by atoms with Crippen LogP contribution in [0.2, 0.25) is 0 Å². The number of hydrogen-bond acceptors (Lipinski definition) is 4. The lowest BCUT2D eigenvalue weighted by Crippen LogP contribution is -2.44. The lowest BCUT2D eigenvalue weighted by Gasteiger charge is -2.23. The van der Waals surface area contributed by atoms with E-state index in [4.69, 9.17) is 10.5 Å². The van der Waals surface area contributed by atoms with Crippen molar-refractivity contribution < 1.29 is 14.3 Å². The Bertz CT molecular complexity index is 738. The van der Waals surface area contributed by atoms with Crippen LogP contribution in [0.15, 0.2) is 12.1 Å². The molecule has 2 saturated carbocycles. The average molecular weight is 357 g/mol. The fourth-order valence-corrected chi connectivity index (χ4v) is 3.76. The minimum atomic E-state index is -0.571. The zero-order valence-corrected chi connectivity index (χ0v) is 15.5. The molecule has 2 N–H and O–H groups in total. The van der Waals surface area contributed by atoms with Crippen LogP contribution in [-0.4, -0.2) is 40.9 Å². The van der Waals surface area contributed by atoms with Crippen LogP contribution in [0, 0.1) is 11.3 Å². The highest BCUT2D eigenvalue weighted by molar-refractivity contribution is 5.96. The number of ether oxygens (including phenoxy) is 1. The van der Waals surface area contributed by atoms with E-state index in [9.17, 15) is 9.59 Å². The first-order valence-electron chi connectivity index (χ1n) is 9.58. The highest BCUT2D eigenvalue weighted by Crippen LogP contribution is 2.44. The third kappa shape index (κ3) is 3.55. The van der Waals surface area contributed by atoms with E-state index < -0.39 is 11.9 Å². The second kappa shape index (κ2) is 6.25. The number of rotatable bonds is 6. The van der Waals surface area contributed by atoms with Crippen molar-refractivity contribution in [3.63, 3.8) is 0 Å². The van der Waals surface area contributed by atoms with Crippen LogP contribution in [0.5, 0.6) is 5.88 Å². The van der Waals surface area contributed by atoms with E-state index in [0.717, 1.165) is 18.4 Å². The third-order valence-corrected chi connectivity index (χ3v) is 5.59. The lowest BCUT2D eigenvalue weighted by molar-refractivity contribution is -0.121. The van der Waals surface area contributed by atoms with Gasteiger partial charge < -0.3 is 15.4 Å². The molecule has 0 aromatic carbocycles. The number of aromatic nitrogens is 1. The van der Waals surface area contributed by atoms with E-state index in [1.54, 1.807) is 11.0 Å². The maximum atomic E-state index is 13.0. The number of nitrogens with zero attached hydrogens (tertiary/aromatic N) is 2. The number of hydrogen-bond donors (Lipinski definition) is 1. The van der Waals surface area contributed by atoms with Crippen LogP contribution >= 0.6 is 0 Å². The highest BCUT2D eigenvalue weighted by atomic mass is 16.5. The molecule has 3 fully saturated rings. The lowest BCUT2D eigenvalue weighted by atomic mass is 9.90. The molecule has 6 heteroatoms. The normalized spacial score (nSPS) is 24.5. The molecular formula is C20H27N3O3. The molecule has 6 nitrogen and oxygen atoms in total. The number of nitrogens with two attached hydrogens (primary N) is 1. The summed E-state index contributed by atoms with van der Waals surface area (Å²) in [5.41, 5.74) is 6.85. The Morgan fingerprint density at radius 1 is 1.27 bits per heavy atom. The van der Waals surface area contributed by atoms with E-state index in [1.165, 1.54) is 12.8 Å². The number of primary amides is 1. The summed E-state index contributed by atoms with van der Waals surface area (Å²) in [7, 11) is 0. The van der Waals surface area contributed by atoms with Gasteiger partial charge in [-0.1, -0.05) is 19.9 Å². The van der Waals surface area contributed by atoms with Crippen molar-refractivity contribution in [1.29, 1.82) is 0 Å². The summed E-state index contributed by atoms with van der Waals surface area (Å²) in [4.78, 5) is 31.0. The van der Waals surface area contributed by atoms with Gasteiger partial charge in [-0.3, -0.25) is 9.59 Å². The molecule has 140 valence electrons. The standard InChI is InChI=1S/C20H27N3O3/c1-20(2)9-16(17(21)24)23(11-20)19(25)15-8-7-14(13-5-6-13)18(22-15)26-10-12-3-4-12/h7-8,12-13,16H,3-6,9-11H2,1-2H3,(H2,21,24)/t16-/m1/s1. The quantitative estimate of drug-likeness (QED) is 0.847. The molecule has 26 heavy (non-hydrogen) atoms. The molecule has 1 saturated heterocycles. The van der Waals surface area contributed by atoms with Crippen LogP contribution in [0.25, 0.3) is 0 Å². The SMILES string of the molecule is CC1(C)C[C@H](C(N)=O)N(C(=O)c2ccc(C3CC3)c(OCC3CC3)n2)C1. The van der Waals surface area contributed by atoms with Crippen molar-refractivity contribution in [1.82, 2.24) is 9.88 Å². The van der Waals surface area contributed by atoms with Gasteiger partial charge in [0.05, 0.1) is 6.61 Å². The number of likely N-dealkylation sites (tertiary alicyclic amines) is 1. The van der Waals surface area contributed by atoms with Crippen molar-refractivity contribution in [2.45, 2.75) is 57.9 Å². The van der Waals surface area contributed by atoms with Gasteiger partial charge in [-0.15, -0.1) is 0 Å². The molecule has 1 atom stereocenters. The predicted octanol–water partition coefficient (Wildman–Crippen LogP) is 2.47. The van der Waals surface area contributed by atoms with Gasteiger partial charge in [0.25, 0.3) is 5.91 Å². The van der Waals surface area contributed by atoms with E-state index >= 15 is 0 Å². The van der Waals surface area contributed by atoms with E-state index in [0.29, 0.717) is 43.0 Å². The molecule has 0 bridgehead atoms. The number of carbonyl (C=O) groups excluding carboxylic acids is 2. The molecule has 1 aromatic heterocycles. The molecular weight excluding hydrogens is 330 g/mol. The summed E-state index contributed by atoms with van der Waals surface area (Å²) in [5, 5.41) is 0. The number of amides is 2. The topological polar surface area (TPSA) is 85.5 Å². The Balaban J connectivity index is 1.58. The minimum Gasteiger partial charge on any atom is -0.477 e. The first kappa shape index (κ1) is 17.3. The smallest absolute Gasteiger partial charge is 0.273 e. The monoisotopic (exact) mass is 357 g/mol. The largest absolute Gasteiger partial charge is 0.477 e. The summed E-state index contributed by atoms with van der Waals surface area (Å²) in [5.74, 6) is 1.04. The Kier molecular flexibility index (Phi) is 4.16. The van der Waals surface area contributed by atoms with Gasteiger partial charge in [0, 0.05) is 12.1 Å². The van der Waals surface area contributed by atoms with Crippen LogP contribution in [0.1, 0.15) is 67.9 Å². The van der Waals surface area contributed by atoms with Gasteiger partial charge in [0.15, 0.2) is 0 Å². The van der Waals surface area contributed by atoms with Crippen LogP contribution in [0.3, 0.4) is 0 Å². The van der Waals surface area contributed by atoms with Crippen molar-refractivity contribution in [2.75, 3.05) is 13.2 Å². The molecule has 2 heterocycles. The molecule has 0 unspecified atom stereocenters. The Morgan fingerprint density at radius 2 is 2.00 bits per heavy atom. The Morgan fingerprint density at radius 3 is 2.62 bits per heavy atom. The molecule has 0 radical (unpaired) electrons. The summed E-state index contributed by atoms with van der Waals surface area (Å²) < 4.78 is 5.96. The molecule has 1 aliphatic heterocycles. The molecule has 3 aliphatic rings. The summed E-state index contributed by atoms with van der Waals surface area (Å²) >= 11 is 0. The Labute approximate surface area is 154 Å². The first-order valence-corrected chi connectivity index (χ1v) is 9.58. The van der Waals surface area contributed by atoms with Crippen molar-refractivity contribution in [3.05, 3.63) is 23.4 Å². The second-order valence-electron chi connectivity index (χ2n) is 8.84. The molecule has 4 rings (SSSR count). The molecule has 2 aliphatic carbocycles. The zero-order chi connectivity index (χ0) is 18.5. The van der Waals surface area contributed by atoms with E-state index in [2.05, 4.69) is 4.98 Å². The summed E-state index contributed by atoms with van der Waals surface area (Å²) in [6, 6.07) is 3.17. The van der Waals surface area contributed by atoms with Gasteiger partial charge in [0.1, 0.15) is 11.7 Å². The molecule has 0 spiro atoms. The zero-order valence-electron chi connectivity index (χ0n) is 15.5. The van der Waals surface area contributed by atoms with Crippen molar-refractivity contribution in [2.24, 2.45) is 17.1 Å². The Hall–Kier alpha value is -2.11.